The van der Waals surface area contributed by atoms with Gasteiger partial charge in [-0.15, -0.1) is 0 Å². The molecule has 1 aromatic carbocycles. The number of benzene rings is 1. The normalized spacial score (nSPS) is 10.7. The van der Waals surface area contributed by atoms with Gasteiger partial charge in [0.1, 0.15) is 5.82 Å². The molecule has 0 aliphatic heterocycles. The van der Waals surface area contributed by atoms with Gasteiger partial charge in [0.05, 0.1) is 11.3 Å². The van der Waals surface area contributed by atoms with Crippen molar-refractivity contribution in [3.05, 3.63) is 54.9 Å². The summed E-state index contributed by atoms with van der Waals surface area (Å²) in [6.07, 6.45) is 0.264. The predicted molar refractivity (Wildman–Crippen MR) is 71.4 cm³/mol. The topological polar surface area (TPSA) is 75.1 Å². The monoisotopic (exact) mass is 328 g/mol. The van der Waals surface area contributed by atoms with Crippen molar-refractivity contribution in [2.75, 3.05) is 0 Å². The van der Waals surface area contributed by atoms with Gasteiger partial charge in [0, 0.05) is 4.47 Å². The highest BCUT2D eigenvalue weighted by atomic mass is 79.9. The Balaban J connectivity index is 2.83. The molecule has 2 N–H and O–H groups in total. The molecular formula is C12H10BrFN2O3. The molecular weight excluding hydrogens is 319 g/mol. The van der Waals surface area contributed by atoms with Crippen LogP contribution in [0.4, 0.5) is 4.39 Å². The number of nitrogens with one attached hydrogen (secondary N) is 1. The van der Waals surface area contributed by atoms with Crippen LogP contribution in [-0.2, 0) is 6.42 Å². The third-order valence-electron chi connectivity index (χ3n) is 2.68. The van der Waals surface area contributed by atoms with Gasteiger partial charge in [-0.25, -0.2) is 13.8 Å². The highest BCUT2D eigenvalue weighted by Gasteiger charge is 2.16. The largest absolute Gasteiger partial charge is 0.494 e. The van der Waals surface area contributed by atoms with E-state index in [2.05, 4.69) is 20.9 Å². The zero-order chi connectivity index (χ0) is 14.2. The van der Waals surface area contributed by atoms with Crippen molar-refractivity contribution in [2.24, 2.45) is 0 Å². The molecule has 2 rings (SSSR count). The molecule has 0 amide bonds. The first-order valence-corrected chi connectivity index (χ1v) is 6.27. The lowest BCUT2D eigenvalue weighted by Crippen LogP contribution is -2.31. The van der Waals surface area contributed by atoms with Gasteiger partial charge in [-0.3, -0.25) is 9.78 Å². The lowest BCUT2D eigenvalue weighted by atomic mass is 10.2. The molecule has 0 saturated heterocycles. The Bertz CT molecular complexity index is 752. The number of halogens is 2. The summed E-state index contributed by atoms with van der Waals surface area (Å²) in [4.78, 5) is 25.4. The van der Waals surface area contributed by atoms with Crippen molar-refractivity contribution in [2.45, 2.75) is 13.3 Å². The van der Waals surface area contributed by atoms with E-state index in [1.54, 1.807) is 6.92 Å². The summed E-state index contributed by atoms with van der Waals surface area (Å²) in [5.74, 6) is -0.924. The fourth-order valence-electron chi connectivity index (χ4n) is 1.77. The van der Waals surface area contributed by atoms with Gasteiger partial charge in [0.2, 0.25) is 5.88 Å². The molecule has 2 aromatic rings. The van der Waals surface area contributed by atoms with Gasteiger partial charge >= 0.3 is 5.69 Å². The number of hydrogen-bond acceptors (Lipinski definition) is 3. The molecule has 19 heavy (non-hydrogen) atoms. The molecule has 0 spiro atoms. The summed E-state index contributed by atoms with van der Waals surface area (Å²) >= 11 is 3.11. The van der Waals surface area contributed by atoms with Crippen LogP contribution in [0.2, 0.25) is 0 Å². The van der Waals surface area contributed by atoms with E-state index in [0.29, 0.717) is 4.47 Å². The molecule has 0 saturated carbocycles. The second-order valence-corrected chi connectivity index (χ2v) is 4.70. The maximum absolute atomic E-state index is 13.0. The van der Waals surface area contributed by atoms with Crippen LogP contribution < -0.4 is 11.2 Å². The summed E-state index contributed by atoms with van der Waals surface area (Å²) in [6.45, 7) is 1.68. The molecule has 1 aromatic heterocycles. The summed E-state index contributed by atoms with van der Waals surface area (Å²) in [7, 11) is 0. The van der Waals surface area contributed by atoms with Gasteiger partial charge in [0.25, 0.3) is 5.56 Å². The molecule has 7 heteroatoms. The lowest BCUT2D eigenvalue weighted by Gasteiger charge is -2.12. The molecule has 0 unspecified atom stereocenters. The minimum atomic E-state index is -0.785. The molecule has 1 heterocycles. The Morgan fingerprint density at radius 2 is 2.11 bits per heavy atom. The molecule has 0 atom stereocenters. The lowest BCUT2D eigenvalue weighted by molar-refractivity contribution is 0.423. The molecule has 0 aliphatic rings. The molecule has 100 valence electrons. The van der Waals surface area contributed by atoms with Crippen LogP contribution in [0, 0.1) is 5.82 Å². The van der Waals surface area contributed by atoms with Crippen LogP contribution in [0.1, 0.15) is 12.5 Å². The van der Waals surface area contributed by atoms with E-state index in [4.69, 9.17) is 0 Å². The van der Waals surface area contributed by atoms with Crippen molar-refractivity contribution >= 4 is 15.9 Å². The average Bonchev–Trinajstić information content (AvgIpc) is 2.31. The van der Waals surface area contributed by atoms with Crippen molar-refractivity contribution in [3.63, 3.8) is 0 Å². The number of hydrogen-bond donors (Lipinski definition) is 2. The number of aromatic amines is 1. The van der Waals surface area contributed by atoms with Crippen molar-refractivity contribution in [3.8, 4) is 11.6 Å². The third-order valence-corrected chi connectivity index (χ3v) is 3.32. The van der Waals surface area contributed by atoms with Gasteiger partial charge in [-0.2, -0.15) is 0 Å². The van der Waals surface area contributed by atoms with Crippen molar-refractivity contribution in [1.82, 2.24) is 9.55 Å². The van der Waals surface area contributed by atoms with Gasteiger partial charge in [0.15, 0.2) is 0 Å². The number of rotatable bonds is 2. The van der Waals surface area contributed by atoms with Crippen LogP contribution in [-0.4, -0.2) is 14.7 Å². The number of nitrogens with zero attached hydrogens (tertiary/aromatic N) is 1. The summed E-state index contributed by atoms with van der Waals surface area (Å²) in [5, 5.41) is 10.0. The van der Waals surface area contributed by atoms with E-state index < -0.39 is 22.9 Å². The Morgan fingerprint density at radius 1 is 1.42 bits per heavy atom. The van der Waals surface area contributed by atoms with E-state index in [1.165, 1.54) is 6.07 Å². The molecule has 5 nitrogen and oxygen atoms in total. The minimum Gasteiger partial charge on any atom is -0.494 e. The zero-order valence-corrected chi connectivity index (χ0v) is 11.5. The highest BCUT2D eigenvalue weighted by Crippen LogP contribution is 2.24. The molecule has 0 fully saturated rings. The van der Waals surface area contributed by atoms with Crippen LogP contribution in [0.25, 0.3) is 5.69 Å². The van der Waals surface area contributed by atoms with Gasteiger partial charge in [-0.1, -0.05) is 6.92 Å². The van der Waals surface area contributed by atoms with E-state index in [1.807, 2.05) is 0 Å². The van der Waals surface area contributed by atoms with E-state index in [0.717, 1.165) is 16.7 Å². The SMILES string of the molecule is CCc1c(O)n(-c2ccc(F)cc2Br)c(=O)[nH]c1=O. The number of H-pyrrole nitrogens is 1. The van der Waals surface area contributed by atoms with Crippen LogP contribution in [0.15, 0.2) is 32.3 Å². The summed E-state index contributed by atoms with van der Waals surface area (Å²) < 4.78 is 14.2. The van der Waals surface area contributed by atoms with Crippen LogP contribution in [0.3, 0.4) is 0 Å². The zero-order valence-electron chi connectivity index (χ0n) is 9.91. The van der Waals surface area contributed by atoms with E-state index in [9.17, 15) is 19.1 Å². The number of aromatic hydroxyl groups is 1. The predicted octanol–water partition coefficient (Wildman–Crippen LogP) is 1.70. The summed E-state index contributed by atoms with van der Waals surface area (Å²) in [6, 6.07) is 3.65. The Morgan fingerprint density at radius 3 is 2.68 bits per heavy atom. The quantitative estimate of drug-likeness (QED) is 0.881. The Kier molecular flexibility index (Phi) is 3.57. The Labute approximate surface area is 115 Å². The van der Waals surface area contributed by atoms with E-state index in [-0.39, 0.29) is 17.7 Å². The fourth-order valence-corrected chi connectivity index (χ4v) is 2.29. The second kappa shape index (κ2) is 5.00. The van der Waals surface area contributed by atoms with Crippen molar-refractivity contribution in [1.29, 1.82) is 0 Å². The van der Waals surface area contributed by atoms with Crippen LogP contribution in [0.5, 0.6) is 5.88 Å². The standard InChI is InChI=1S/C12H10BrFN2O3/c1-2-7-10(17)15-12(19)16(11(7)18)9-4-3-6(14)5-8(9)13/h3-5,18H,2H2,1H3,(H,15,17,19). The highest BCUT2D eigenvalue weighted by molar-refractivity contribution is 9.10. The van der Waals surface area contributed by atoms with Crippen molar-refractivity contribution < 1.29 is 9.50 Å². The molecule has 0 bridgehead atoms. The maximum Gasteiger partial charge on any atom is 0.335 e. The minimum absolute atomic E-state index is 0.0934. The number of aromatic nitrogens is 2. The maximum atomic E-state index is 13.0. The van der Waals surface area contributed by atoms with Gasteiger partial charge < -0.3 is 5.11 Å². The third kappa shape index (κ3) is 2.33. The molecule has 0 radical (unpaired) electrons. The fraction of sp³-hybridized carbons (Fsp3) is 0.167. The first-order valence-electron chi connectivity index (χ1n) is 5.48. The van der Waals surface area contributed by atoms with E-state index >= 15 is 0 Å². The Hall–Kier alpha value is -1.89. The first-order chi connectivity index (χ1) is 8.95. The second-order valence-electron chi connectivity index (χ2n) is 3.85. The first kappa shape index (κ1) is 13.5. The van der Waals surface area contributed by atoms with Crippen LogP contribution >= 0.6 is 15.9 Å². The summed E-state index contributed by atoms with van der Waals surface area (Å²) in [5.41, 5.74) is -1.07. The van der Waals surface area contributed by atoms with Gasteiger partial charge in [-0.05, 0) is 40.5 Å². The smallest absolute Gasteiger partial charge is 0.335 e. The molecule has 0 aliphatic carbocycles. The average molecular weight is 329 g/mol.